The van der Waals surface area contributed by atoms with Gasteiger partial charge in [0, 0.05) is 13.0 Å². The SMILES string of the molecule is CCc1n[nH]c(=S)n1C[C@@H]1CCCO1. The topological polar surface area (TPSA) is 42.8 Å². The second kappa shape index (κ2) is 4.23. The number of rotatable bonds is 3. The molecule has 78 valence electrons. The number of H-pyrrole nitrogens is 1. The van der Waals surface area contributed by atoms with Gasteiger partial charge < -0.3 is 9.30 Å². The average Bonchev–Trinajstić information content (AvgIpc) is 2.79. The minimum Gasteiger partial charge on any atom is -0.376 e. The molecule has 2 heterocycles. The molecule has 1 aromatic heterocycles. The zero-order valence-electron chi connectivity index (χ0n) is 8.32. The van der Waals surface area contributed by atoms with E-state index in [4.69, 9.17) is 17.0 Å². The highest BCUT2D eigenvalue weighted by atomic mass is 32.1. The summed E-state index contributed by atoms with van der Waals surface area (Å²) in [4.78, 5) is 0. The van der Waals surface area contributed by atoms with E-state index in [1.165, 1.54) is 0 Å². The summed E-state index contributed by atoms with van der Waals surface area (Å²) in [5.41, 5.74) is 0. The average molecular weight is 213 g/mol. The van der Waals surface area contributed by atoms with Crippen LogP contribution in [0.5, 0.6) is 0 Å². The van der Waals surface area contributed by atoms with Crippen molar-refractivity contribution in [3.63, 3.8) is 0 Å². The van der Waals surface area contributed by atoms with Crippen LogP contribution in [0.1, 0.15) is 25.6 Å². The predicted molar refractivity (Wildman–Crippen MR) is 55.8 cm³/mol. The van der Waals surface area contributed by atoms with Crippen LogP contribution in [0.15, 0.2) is 0 Å². The highest BCUT2D eigenvalue weighted by molar-refractivity contribution is 7.71. The van der Waals surface area contributed by atoms with Crippen LogP contribution in [-0.2, 0) is 17.7 Å². The normalized spacial score (nSPS) is 21.6. The van der Waals surface area contributed by atoms with E-state index in [0.29, 0.717) is 10.9 Å². The van der Waals surface area contributed by atoms with E-state index in [0.717, 1.165) is 38.2 Å². The number of hydrogen-bond donors (Lipinski definition) is 1. The molecule has 1 fully saturated rings. The Morgan fingerprint density at radius 2 is 2.57 bits per heavy atom. The monoisotopic (exact) mass is 213 g/mol. The molecule has 0 spiro atoms. The lowest BCUT2D eigenvalue weighted by atomic mass is 10.2. The van der Waals surface area contributed by atoms with Crippen molar-refractivity contribution < 1.29 is 4.74 Å². The minimum absolute atomic E-state index is 0.324. The summed E-state index contributed by atoms with van der Waals surface area (Å²) in [6.45, 7) is 3.81. The Morgan fingerprint density at radius 1 is 1.71 bits per heavy atom. The largest absolute Gasteiger partial charge is 0.376 e. The van der Waals surface area contributed by atoms with Gasteiger partial charge in [-0.3, -0.25) is 5.10 Å². The van der Waals surface area contributed by atoms with Gasteiger partial charge in [-0.2, -0.15) is 5.10 Å². The molecule has 2 rings (SSSR count). The van der Waals surface area contributed by atoms with Crippen molar-refractivity contribution in [2.45, 2.75) is 38.8 Å². The van der Waals surface area contributed by atoms with Crippen LogP contribution in [0, 0.1) is 4.77 Å². The molecule has 1 aliphatic rings. The summed E-state index contributed by atoms with van der Waals surface area (Å²) in [7, 11) is 0. The fraction of sp³-hybridized carbons (Fsp3) is 0.778. The lowest BCUT2D eigenvalue weighted by Gasteiger charge is -2.11. The fourth-order valence-corrected chi connectivity index (χ4v) is 2.03. The van der Waals surface area contributed by atoms with Crippen molar-refractivity contribution in [1.82, 2.24) is 14.8 Å². The highest BCUT2D eigenvalue weighted by Crippen LogP contribution is 2.14. The second-order valence-corrected chi connectivity index (χ2v) is 3.93. The Bertz CT molecular complexity index is 351. The van der Waals surface area contributed by atoms with Crippen LogP contribution < -0.4 is 0 Å². The molecule has 1 atom stereocenters. The molecule has 1 aliphatic heterocycles. The van der Waals surface area contributed by atoms with Gasteiger partial charge in [-0.05, 0) is 25.1 Å². The molecule has 1 aromatic rings. The molecular weight excluding hydrogens is 198 g/mol. The second-order valence-electron chi connectivity index (χ2n) is 3.54. The first-order chi connectivity index (χ1) is 6.81. The molecule has 0 unspecified atom stereocenters. The Balaban J connectivity index is 2.13. The third-order valence-electron chi connectivity index (χ3n) is 2.56. The van der Waals surface area contributed by atoms with Crippen LogP contribution >= 0.6 is 12.2 Å². The Labute approximate surface area is 88.3 Å². The maximum Gasteiger partial charge on any atom is 0.195 e. The van der Waals surface area contributed by atoms with Gasteiger partial charge in [0.25, 0.3) is 0 Å². The number of aromatic nitrogens is 3. The van der Waals surface area contributed by atoms with Crippen LogP contribution in [0.2, 0.25) is 0 Å². The van der Waals surface area contributed by atoms with E-state index >= 15 is 0 Å². The summed E-state index contributed by atoms with van der Waals surface area (Å²) in [5, 5.41) is 6.99. The number of hydrogen-bond acceptors (Lipinski definition) is 3. The lowest BCUT2D eigenvalue weighted by Crippen LogP contribution is -2.16. The first-order valence-electron chi connectivity index (χ1n) is 5.07. The first-order valence-corrected chi connectivity index (χ1v) is 5.47. The summed E-state index contributed by atoms with van der Waals surface area (Å²) in [6, 6.07) is 0. The van der Waals surface area contributed by atoms with E-state index in [-0.39, 0.29) is 0 Å². The van der Waals surface area contributed by atoms with Crippen molar-refractivity contribution in [3.8, 4) is 0 Å². The molecule has 0 aliphatic carbocycles. The van der Waals surface area contributed by atoms with Gasteiger partial charge in [-0.15, -0.1) is 0 Å². The number of ether oxygens (including phenoxy) is 1. The van der Waals surface area contributed by atoms with Gasteiger partial charge in [0.1, 0.15) is 5.82 Å². The maximum atomic E-state index is 5.57. The predicted octanol–water partition coefficient (Wildman–Crippen LogP) is 1.68. The van der Waals surface area contributed by atoms with Crippen LogP contribution in [0.3, 0.4) is 0 Å². The molecule has 5 heteroatoms. The van der Waals surface area contributed by atoms with Crippen molar-refractivity contribution in [2.24, 2.45) is 0 Å². The van der Waals surface area contributed by atoms with E-state index in [9.17, 15) is 0 Å². The van der Waals surface area contributed by atoms with E-state index in [2.05, 4.69) is 17.1 Å². The lowest BCUT2D eigenvalue weighted by molar-refractivity contribution is 0.0959. The third kappa shape index (κ3) is 1.88. The van der Waals surface area contributed by atoms with Gasteiger partial charge in [0.15, 0.2) is 4.77 Å². The fourth-order valence-electron chi connectivity index (χ4n) is 1.80. The van der Waals surface area contributed by atoms with Gasteiger partial charge in [-0.25, -0.2) is 0 Å². The van der Waals surface area contributed by atoms with Gasteiger partial charge >= 0.3 is 0 Å². The Morgan fingerprint density at radius 3 is 3.21 bits per heavy atom. The quantitative estimate of drug-likeness (QED) is 0.777. The molecule has 0 radical (unpaired) electrons. The number of aromatic amines is 1. The highest BCUT2D eigenvalue weighted by Gasteiger charge is 2.17. The molecule has 0 aromatic carbocycles. The summed E-state index contributed by atoms with van der Waals surface area (Å²) in [5.74, 6) is 1.02. The molecule has 4 nitrogen and oxygen atoms in total. The van der Waals surface area contributed by atoms with Crippen molar-refractivity contribution in [2.75, 3.05) is 6.61 Å². The standard InChI is InChI=1S/C9H15N3OS/c1-2-8-10-11-9(14)12(8)6-7-4-3-5-13-7/h7H,2-6H2,1H3,(H,11,14)/t7-/m0/s1. The molecule has 0 bridgehead atoms. The molecular formula is C9H15N3OS. The van der Waals surface area contributed by atoms with E-state index in [1.54, 1.807) is 0 Å². The zero-order valence-corrected chi connectivity index (χ0v) is 9.14. The van der Waals surface area contributed by atoms with Crippen LogP contribution in [-0.4, -0.2) is 27.5 Å². The summed E-state index contributed by atoms with van der Waals surface area (Å²) < 4.78 is 8.32. The zero-order chi connectivity index (χ0) is 9.97. The molecule has 1 saturated heterocycles. The summed E-state index contributed by atoms with van der Waals surface area (Å²) in [6.07, 6.45) is 3.53. The summed E-state index contributed by atoms with van der Waals surface area (Å²) >= 11 is 5.16. The molecule has 0 amide bonds. The van der Waals surface area contributed by atoms with E-state index in [1.807, 2.05) is 4.57 Å². The Hall–Kier alpha value is -0.680. The van der Waals surface area contributed by atoms with Crippen molar-refractivity contribution in [3.05, 3.63) is 10.6 Å². The molecule has 0 saturated carbocycles. The van der Waals surface area contributed by atoms with Crippen molar-refractivity contribution >= 4 is 12.2 Å². The Kier molecular flexibility index (Phi) is 2.98. The van der Waals surface area contributed by atoms with Gasteiger partial charge in [0.05, 0.1) is 12.6 Å². The van der Waals surface area contributed by atoms with Gasteiger partial charge in [-0.1, -0.05) is 6.92 Å². The van der Waals surface area contributed by atoms with Crippen LogP contribution in [0.4, 0.5) is 0 Å². The third-order valence-corrected chi connectivity index (χ3v) is 2.88. The maximum absolute atomic E-state index is 5.57. The minimum atomic E-state index is 0.324. The first kappa shape index (κ1) is 9.86. The van der Waals surface area contributed by atoms with Gasteiger partial charge in [0.2, 0.25) is 0 Å². The van der Waals surface area contributed by atoms with Crippen LogP contribution in [0.25, 0.3) is 0 Å². The van der Waals surface area contributed by atoms with E-state index < -0.39 is 0 Å². The smallest absolute Gasteiger partial charge is 0.195 e. The number of nitrogens with zero attached hydrogens (tertiary/aromatic N) is 2. The molecule has 1 N–H and O–H groups in total. The molecule has 14 heavy (non-hydrogen) atoms. The number of nitrogens with one attached hydrogen (secondary N) is 1. The van der Waals surface area contributed by atoms with Crippen molar-refractivity contribution in [1.29, 1.82) is 0 Å². The number of aryl methyl sites for hydroxylation is 1.